The van der Waals surface area contributed by atoms with E-state index >= 15 is 0 Å². The zero-order valence-corrected chi connectivity index (χ0v) is 16.8. The van der Waals surface area contributed by atoms with Gasteiger partial charge in [-0.2, -0.15) is 0 Å². The highest BCUT2D eigenvalue weighted by Crippen LogP contribution is 2.48. The topological polar surface area (TPSA) is 97.1 Å². The van der Waals surface area contributed by atoms with Crippen LogP contribution >= 0.6 is 15.9 Å². The molecule has 0 bridgehead atoms. The van der Waals surface area contributed by atoms with E-state index < -0.39 is 11.9 Å². The lowest BCUT2D eigenvalue weighted by Gasteiger charge is -2.32. The number of methoxy groups -OCH3 is 3. The van der Waals surface area contributed by atoms with Crippen LogP contribution in [0.2, 0.25) is 0 Å². The van der Waals surface area contributed by atoms with Crippen LogP contribution in [0.25, 0.3) is 0 Å². The third-order valence-corrected chi connectivity index (χ3v) is 5.39. The number of hydrogen-bond acceptors (Lipinski definition) is 7. The molecule has 0 fully saturated rings. The van der Waals surface area contributed by atoms with Crippen molar-refractivity contribution in [2.24, 2.45) is 5.73 Å². The molecule has 7 nitrogen and oxygen atoms in total. The highest BCUT2D eigenvalue weighted by Gasteiger charge is 2.42. The van der Waals surface area contributed by atoms with Crippen LogP contribution in [0.15, 0.2) is 39.4 Å². The van der Waals surface area contributed by atoms with Crippen LogP contribution in [-0.4, -0.2) is 33.1 Å². The maximum absolute atomic E-state index is 12.7. The van der Waals surface area contributed by atoms with E-state index in [1.165, 1.54) is 21.3 Å². The molecule has 1 aromatic rings. The summed E-state index contributed by atoms with van der Waals surface area (Å²) in [4.78, 5) is 25.2. The molecule has 0 saturated carbocycles. The summed E-state index contributed by atoms with van der Waals surface area (Å²) in [6, 6.07) is 3.45. The second-order valence-corrected chi connectivity index (χ2v) is 7.00. The summed E-state index contributed by atoms with van der Waals surface area (Å²) in [5, 5.41) is 0. The van der Waals surface area contributed by atoms with E-state index in [1.807, 2.05) is 0 Å². The number of carbonyl (C=O) groups excluding carboxylic acids is 2. The first-order valence-corrected chi connectivity index (χ1v) is 9.15. The highest BCUT2D eigenvalue weighted by atomic mass is 79.9. The Balaban J connectivity index is 2.27. The molecular formula is C19H20BrNO6. The molecule has 1 atom stereocenters. The number of rotatable bonds is 4. The fourth-order valence-corrected chi connectivity index (χ4v) is 4.02. The second kappa shape index (κ2) is 7.64. The van der Waals surface area contributed by atoms with Crippen molar-refractivity contribution in [1.82, 2.24) is 0 Å². The number of benzene rings is 1. The summed E-state index contributed by atoms with van der Waals surface area (Å²) < 4.78 is 21.9. The Bertz CT molecular complexity index is 873. The van der Waals surface area contributed by atoms with Crippen molar-refractivity contribution in [2.75, 3.05) is 21.3 Å². The van der Waals surface area contributed by atoms with Crippen molar-refractivity contribution >= 4 is 27.7 Å². The zero-order chi connectivity index (χ0) is 19.7. The molecule has 1 heterocycles. The van der Waals surface area contributed by atoms with Gasteiger partial charge in [0.15, 0.2) is 17.3 Å². The number of carbonyl (C=O) groups is 2. The maximum Gasteiger partial charge on any atom is 0.340 e. The number of Topliss-reactive ketones (excluding diaryl/α,β-unsaturated/α-hetero) is 1. The van der Waals surface area contributed by atoms with Gasteiger partial charge >= 0.3 is 5.97 Å². The summed E-state index contributed by atoms with van der Waals surface area (Å²) >= 11 is 3.52. The fraction of sp³-hybridized carbons (Fsp3) is 0.368. The summed E-state index contributed by atoms with van der Waals surface area (Å²) in [6.45, 7) is 0. The molecule has 1 aliphatic carbocycles. The van der Waals surface area contributed by atoms with E-state index in [2.05, 4.69) is 15.9 Å². The third-order valence-electron chi connectivity index (χ3n) is 4.70. The van der Waals surface area contributed by atoms with Crippen molar-refractivity contribution < 1.29 is 28.5 Å². The molecule has 1 aromatic carbocycles. The highest BCUT2D eigenvalue weighted by molar-refractivity contribution is 9.10. The van der Waals surface area contributed by atoms with Crippen LogP contribution in [-0.2, 0) is 19.1 Å². The van der Waals surface area contributed by atoms with Gasteiger partial charge in [-0.1, -0.05) is 15.9 Å². The van der Waals surface area contributed by atoms with Crippen molar-refractivity contribution in [3.8, 4) is 11.5 Å². The predicted octanol–water partition coefficient (Wildman–Crippen LogP) is 2.93. The molecule has 0 spiro atoms. The molecule has 144 valence electrons. The molecule has 0 saturated heterocycles. The van der Waals surface area contributed by atoms with E-state index in [4.69, 9.17) is 24.7 Å². The SMILES string of the molecule is COC(=O)C1=C(N)OC2=C(C(=O)CCC2)[C@@H]1c1cc(OC)c(OC)cc1Br. The number of ether oxygens (including phenoxy) is 4. The molecule has 8 heteroatoms. The Morgan fingerprint density at radius 2 is 1.85 bits per heavy atom. The van der Waals surface area contributed by atoms with Gasteiger partial charge in [-0.25, -0.2) is 4.79 Å². The predicted molar refractivity (Wildman–Crippen MR) is 100 cm³/mol. The minimum Gasteiger partial charge on any atom is -0.493 e. The standard InChI is InChI=1S/C19H20BrNO6/c1-24-13-7-9(10(20)8-14(13)25-2)15-16-11(22)5-4-6-12(16)27-18(21)17(15)19(23)26-3/h7-8,15H,4-6,21H2,1-3H3/t15-/m0/s1. The number of nitrogens with two attached hydrogens (primary N) is 1. The fourth-order valence-electron chi connectivity index (χ4n) is 3.47. The average Bonchev–Trinajstić information content (AvgIpc) is 2.66. The number of halogens is 1. The lowest BCUT2D eigenvalue weighted by molar-refractivity contribution is -0.136. The Kier molecular flexibility index (Phi) is 5.46. The van der Waals surface area contributed by atoms with E-state index in [9.17, 15) is 9.59 Å². The minimum atomic E-state index is -0.719. The normalized spacial score (nSPS) is 19.4. The molecule has 0 radical (unpaired) electrons. The van der Waals surface area contributed by atoms with Gasteiger partial charge in [0.25, 0.3) is 0 Å². The van der Waals surface area contributed by atoms with Gasteiger partial charge in [-0.3, -0.25) is 4.79 Å². The molecule has 1 aliphatic heterocycles. The number of allylic oxidation sites excluding steroid dienone is 2. The molecule has 2 aliphatic rings. The molecule has 0 amide bonds. The van der Waals surface area contributed by atoms with E-state index in [0.717, 1.165) is 0 Å². The van der Waals surface area contributed by atoms with E-state index in [0.29, 0.717) is 52.1 Å². The average molecular weight is 438 g/mol. The zero-order valence-electron chi connectivity index (χ0n) is 15.3. The summed E-state index contributed by atoms with van der Waals surface area (Å²) in [6.07, 6.45) is 1.65. The van der Waals surface area contributed by atoms with Crippen LogP contribution in [0.4, 0.5) is 0 Å². The lowest BCUT2D eigenvalue weighted by Crippen LogP contribution is -2.31. The van der Waals surface area contributed by atoms with Crippen LogP contribution in [0.3, 0.4) is 0 Å². The maximum atomic E-state index is 12.7. The summed E-state index contributed by atoms with van der Waals surface area (Å²) in [7, 11) is 4.30. The Morgan fingerprint density at radius 3 is 2.48 bits per heavy atom. The van der Waals surface area contributed by atoms with Crippen molar-refractivity contribution in [2.45, 2.75) is 25.2 Å². The molecule has 27 heavy (non-hydrogen) atoms. The van der Waals surface area contributed by atoms with Crippen LogP contribution in [0.1, 0.15) is 30.7 Å². The third kappa shape index (κ3) is 3.29. The quantitative estimate of drug-likeness (QED) is 0.722. The van der Waals surface area contributed by atoms with Gasteiger partial charge in [-0.05, 0) is 24.1 Å². The Labute approximate surface area is 165 Å². The number of hydrogen-bond donors (Lipinski definition) is 1. The smallest absolute Gasteiger partial charge is 0.340 e. The van der Waals surface area contributed by atoms with Crippen LogP contribution in [0.5, 0.6) is 11.5 Å². The van der Waals surface area contributed by atoms with E-state index in [-0.39, 0.29) is 17.2 Å². The van der Waals surface area contributed by atoms with E-state index in [1.54, 1.807) is 12.1 Å². The molecule has 0 unspecified atom stereocenters. The van der Waals surface area contributed by atoms with Crippen molar-refractivity contribution in [3.63, 3.8) is 0 Å². The second-order valence-electron chi connectivity index (χ2n) is 6.15. The van der Waals surface area contributed by atoms with Crippen molar-refractivity contribution in [3.05, 3.63) is 45.0 Å². The van der Waals surface area contributed by atoms with Crippen molar-refractivity contribution in [1.29, 1.82) is 0 Å². The number of ketones is 1. The molecule has 2 N–H and O–H groups in total. The Hall–Kier alpha value is -2.48. The first kappa shape index (κ1) is 19.3. The molecule has 3 rings (SSSR count). The molecular weight excluding hydrogens is 418 g/mol. The monoisotopic (exact) mass is 437 g/mol. The van der Waals surface area contributed by atoms with Gasteiger partial charge < -0.3 is 24.7 Å². The van der Waals surface area contributed by atoms with Gasteiger partial charge in [0.2, 0.25) is 5.88 Å². The van der Waals surface area contributed by atoms with Crippen LogP contribution < -0.4 is 15.2 Å². The van der Waals surface area contributed by atoms with Gasteiger partial charge in [0, 0.05) is 22.9 Å². The largest absolute Gasteiger partial charge is 0.493 e. The summed E-state index contributed by atoms with van der Waals surface area (Å²) in [5.74, 6) is -0.00878. The first-order valence-electron chi connectivity index (χ1n) is 8.36. The van der Waals surface area contributed by atoms with Gasteiger partial charge in [-0.15, -0.1) is 0 Å². The van der Waals surface area contributed by atoms with Gasteiger partial charge in [0.1, 0.15) is 11.3 Å². The minimum absolute atomic E-state index is 0.0537. The first-order chi connectivity index (χ1) is 12.9. The number of esters is 1. The van der Waals surface area contributed by atoms with Crippen LogP contribution in [0, 0.1) is 0 Å². The summed E-state index contributed by atoms with van der Waals surface area (Å²) in [5.41, 5.74) is 7.22. The lowest BCUT2D eigenvalue weighted by atomic mass is 9.77. The Morgan fingerprint density at radius 1 is 1.19 bits per heavy atom. The van der Waals surface area contributed by atoms with Gasteiger partial charge in [0.05, 0.1) is 27.2 Å². The molecule has 0 aromatic heterocycles.